The van der Waals surface area contributed by atoms with Gasteiger partial charge in [-0.05, 0) is 53.3 Å². The highest BCUT2D eigenvalue weighted by atomic mass is 35.5. The van der Waals surface area contributed by atoms with E-state index in [-0.39, 0.29) is 0 Å². The van der Waals surface area contributed by atoms with E-state index in [2.05, 4.69) is 50.2 Å². The Labute approximate surface area is 126 Å². The molecule has 0 aromatic heterocycles. The minimum absolute atomic E-state index is 0.540. The lowest BCUT2D eigenvalue weighted by Crippen LogP contribution is -1.95. The van der Waals surface area contributed by atoms with Crippen LogP contribution in [0.2, 0.25) is 0 Å². The zero-order valence-electron chi connectivity index (χ0n) is 12.4. The predicted octanol–water partition coefficient (Wildman–Crippen LogP) is 5.36. The number of hydrogen-bond acceptors (Lipinski definition) is 1. The summed E-state index contributed by atoms with van der Waals surface area (Å²) in [6.07, 6.45) is 2.21. The van der Waals surface area contributed by atoms with Gasteiger partial charge < -0.3 is 4.74 Å². The molecule has 0 saturated heterocycles. The average molecular weight is 289 g/mol. The van der Waals surface area contributed by atoms with Gasteiger partial charge in [0, 0.05) is 5.88 Å². The van der Waals surface area contributed by atoms with Gasteiger partial charge in [0.2, 0.25) is 0 Å². The van der Waals surface area contributed by atoms with Crippen molar-refractivity contribution in [3.8, 4) is 16.9 Å². The van der Waals surface area contributed by atoms with Gasteiger partial charge in [-0.2, -0.15) is 0 Å². The van der Waals surface area contributed by atoms with E-state index < -0.39 is 0 Å². The zero-order chi connectivity index (χ0) is 14.5. The molecule has 0 radical (unpaired) electrons. The number of rotatable bonds is 5. The van der Waals surface area contributed by atoms with Crippen molar-refractivity contribution in [2.45, 2.75) is 32.6 Å². The van der Waals surface area contributed by atoms with E-state index in [4.69, 9.17) is 16.3 Å². The normalized spacial score (nSPS) is 10.6. The minimum atomic E-state index is 0.540. The molecule has 0 amide bonds. The molecule has 0 heterocycles. The second-order valence-electron chi connectivity index (χ2n) is 5.05. The lowest BCUT2D eigenvalue weighted by molar-refractivity contribution is 0.411. The Hall–Kier alpha value is -1.47. The van der Waals surface area contributed by atoms with E-state index in [1.165, 1.54) is 22.3 Å². The Morgan fingerprint density at radius 2 is 1.90 bits per heavy atom. The van der Waals surface area contributed by atoms with Crippen molar-refractivity contribution >= 4 is 11.6 Å². The first kappa shape index (κ1) is 14.9. The van der Waals surface area contributed by atoms with Crippen molar-refractivity contribution in [3.05, 3.63) is 53.1 Å². The van der Waals surface area contributed by atoms with E-state index >= 15 is 0 Å². The van der Waals surface area contributed by atoms with E-state index in [1.54, 1.807) is 7.11 Å². The van der Waals surface area contributed by atoms with Crippen molar-refractivity contribution in [1.82, 2.24) is 0 Å². The van der Waals surface area contributed by atoms with Crippen molar-refractivity contribution < 1.29 is 4.74 Å². The number of ether oxygens (including phenoxy) is 1. The number of methoxy groups -OCH3 is 1. The predicted molar refractivity (Wildman–Crippen MR) is 86.7 cm³/mol. The van der Waals surface area contributed by atoms with Gasteiger partial charge in [0.1, 0.15) is 5.75 Å². The van der Waals surface area contributed by atoms with Gasteiger partial charge >= 0.3 is 0 Å². The third-order valence-corrected chi connectivity index (χ3v) is 3.93. The Bertz CT molecular complexity index is 590. The van der Waals surface area contributed by atoms with E-state index in [0.29, 0.717) is 5.88 Å². The summed E-state index contributed by atoms with van der Waals surface area (Å²) in [6, 6.07) is 12.8. The molecule has 0 saturated carbocycles. The SMILES string of the molecule is CCCc1cc(-c2cccc(CCl)c2)cc(OC)c1C. The number of alkyl halides is 1. The van der Waals surface area contributed by atoms with Crippen molar-refractivity contribution in [3.63, 3.8) is 0 Å². The average Bonchev–Trinajstić information content (AvgIpc) is 2.49. The van der Waals surface area contributed by atoms with E-state index in [1.807, 2.05) is 0 Å². The van der Waals surface area contributed by atoms with Gasteiger partial charge in [-0.3, -0.25) is 0 Å². The quantitative estimate of drug-likeness (QED) is 0.673. The maximum absolute atomic E-state index is 5.93. The van der Waals surface area contributed by atoms with Crippen LogP contribution in [0.4, 0.5) is 0 Å². The molecular weight excluding hydrogens is 268 g/mol. The van der Waals surface area contributed by atoms with Crippen LogP contribution in [0.5, 0.6) is 5.75 Å². The monoisotopic (exact) mass is 288 g/mol. The Morgan fingerprint density at radius 3 is 2.55 bits per heavy atom. The van der Waals surface area contributed by atoms with Crippen LogP contribution < -0.4 is 4.74 Å². The molecule has 0 bridgehead atoms. The second kappa shape index (κ2) is 6.81. The third-order valence-electron chi connectivity index (χ3n) is 3.62. The molecule has 2 heteroatoms. The summed E-state index contributed by atoms with van der Waals surface area (Å²) < 4.78 is 5.52. The van der Waals surface area contributed by atoms with Crippen molar-refractivity contribution in [2.24, 2.45) is 0 Å². The van der Waals surface area contributed by atoms with E-state index in [0.717, 1.165) is 24.2 Å². The molecular formula is C18H21ClO. The van der Waals surface area contributed by atoms with Gasteiger partial charge in [0.15, 0.2) is 0 Å². The molecule has 0 unspecified atom stereocenters. The minimum Gasteiger partial charge on any atom is -0.496 e. The molecule has 2 rings (SSSR count). The lowest BCUT2D eigenvalue weighted by atomic mass is 9.95. The number of benzene rings is 2. The topological polar surface area (TPSA) is 9.23 Å². The molecule has 2 aromatic rings. The molecule has 106 valence electrons. The molecule has 0 aliphatic heterocycles. The largest absolute Gasteiger partial charge is 0.496 e. The first-order valence-corrected chi connectivity index (χ1v) is 7.55. The summed E-state index contributed by atoms with van der Waals surface area (Å²) in [5.74, 6) is 1.50. The van der Waals surface area contributed by atoms with Crippen LogP contribution in [0.15, 0.2) is 36.4 Å². The number of halogens is 1. The summed E-state index contributed by atoms with van der Waals surface area (Å²) in [4.78, 5) is 0. The molecule has 20 heavy (non-hydrogen) atoms. The summed E-state index contributed by atoms with van der Waals surface area (Å²) in [7, 11) is 1.73. The highest BCUT2D eigenvalue weighted by molar-refractivity contribution is 6.17. The van der Waals surface area contributed by atoms with Gasteiger partial charge in [0.25, 0.3) is 0 Å². The standard InChI is InChI=1S/C18H21ClO/c1-4-6-15-10-17(11-18(20-3)13(15)2)16-8-5-7-14(9-16)12-19/h5,7-11H,4,6,12H2,1-3H3. The highest BCUT2D eigenvalue weighted by Crippen LogP contribution is 2.31. The van der Waals surface area contributed by atoms with Crippen LogP contribution >= 0.6 is 11.6 Å². The highest BCUT2D eigenvalue weighted by Gasteiger charge is 2.09. The number of aryl methyl sites for hydroxylation is 1. The third kappa shape index (κ3) is 3.16. The fourth-order valence-electron chi connectivity index (χ4n) is 2.49. The first-order valence-electron chi connectivity index (χ1n) is 7.02. The van der Waals surface area contributed by atoms with Gasteiger partial charge in [-0.25, -0.2) is 0 Å². The van der Waals surface area contributed by atoms with Crippen molar-refractivity contribution in [1.29, 1.82) is 0 Å². The molecule has 0 aliphatic rings. The zero-order valence-corrected chi connectivity index (χ0v) is 13.1. The summed E-state index contributed by atoms with van der Waals surface area (Å²) in [6.45, 7) is 4.33. The molecule has 2 aromatic carbocycles. The fraction of sp³-hybridized carbons (Fsp3) is 0.333. The molecule has 0 atom stereocenters. The Kier molecular flexibility index (Phi) is 5.08. The van der Waals surface area contributed by atoms with Gasteiger partial charge in [-0.1, -0.05) is 37.6 Å². The molecule has 0 fully saturated rings. The number of hydrogen-bond donors (Lipinski definition) is 0. The summed E-state index contributed by atoms with van der Waals surface area (Å²) >= 11 is 5.93. The first-order chi connectivity index (χ1) is 9.69. The van der Waals surface area contributed by atoms with Crippen LogP contribution in [0.3, 0.4) is 0 Å². The molecule has 0 N–H and O–H groups in total. The smallest absolute Gasteiger partial charge is 0.122 e. The fourth-order valence-corrected chi connectivity index (χ4v) is 2.65. The van der Waals surface area contributed by atoms with Crippen LogP contribution in [-0.2, 0) is 12.3 Å². The molecule has 1 nitrogen and oxygen atoms in total. The van der Waals surface area contributed by atoms with Gasteiger partial charge in [0.05, 0.1) is 7.11 Å². The van der Waals surface area contributed by atoms with Crippen molar-refractivity contribution in [2.75, 3.05) is 7.11 Å². The summed E-state index contributed by atoms with van der Waals surface area (Å²) in [5, 5.41) is 0. The van der Waals surface area contributed by atoms with Gasteiger partial charge in [-0.15, -0.1) is 11.6 Å². The van der Waals surface area contributed by atoms with E-state index in [9.17, 15) is 0 Å². The maximum Gasteiger partial charge on any atom is 0.122 e. The maximum atomic E-state index is 5.93. The Balaban J connectivity index is 2.52. The van der Waals surface area contributed by atoms with Crippen LogP contribution in [0.1, 0.15) is 30.0 Å². The van der Waals surface area contributed by atoms with Crippen LogP contribution in [0.25, 0.3) is 11.1 Å². The Morgan fingerprint density at radius 1 is 1.10 bits per heavy atom. The van der Waals surface area contributed by atoms with Crippen LogP contribution in [0, 0.1) is 6.92 Å². The van der Waals surface area contributed by atoms with Crippen LogP contribution in [-0.4, -0.2) is 7.11 Å². The summed E-state index contributed by atoms with van der Waals surface area (Å²) in [5.41, 5.74) is 6.13. The molecule has 0 spiro atoms. The second-order valence-corrected chi connectivity index (χ2v) is 5.31. The lowest BCUT2D eigenvalue weighted by Gasteiger charge is -2.14. The molecule has 0 aliphatic carbocycles.